The fourth-order valence-electron chi connectivity index (χ4n) is 2.86. The quantitative estimate of drug-likeness (QED) is 0.422. The molecular weight excluding hydrogens is 364 g/mol. The molecule has 0 unspecified atom stereocenters. The second kappa shape index (κ2) is 7.48. The van der Waals surface area contributed by atoms with E-state index in [1.54, 1.807) is 30.3 Å². The lowest BCUT2D eigenvalue weighted by Crippen LogP contribution is -2.15. The van der Waals surface area contributed by atoms with E-state index in [1.165, 1.54) is 24.3 Å². The second-order valence-electron chi connectivity index (χ2n) is 6.12. The van der Waals surface area contributed by atoms with Gasteiger partial charge in [-0.2, -0.15) is 0 Å². The van der Waals surface area contributed by atoms with Crippen molar-refractivity contribution < 1.29 is 28.5 Å². The third-order valence-electron chi connectivity index (χ3n) is 4.16. The number of fused-ring (bicyclic) bond motifs is 2. The number of phenolic OH excluding ortho intramolecular Hbond substituents is 1. The van der Waals surface area contributed by atoms with Gasteiger partial charge in [-0.15, -0.1) is 0 Å². The SMILES string of the molecule is O=C(/C=C/c1ccc2c(c1)OCCO2)OCc1cc(=O)oc2cc(O)ccc12. The van der Waals surface area contributed by atoms with Crippen molar-refractivity contribution in [1.82, 2.24) is 0 Å². The predicted octanol–water partition coefficient (Wildman–Crippen LogP) is 3.03. The third kappa shape index (κ3) is 3.83. The summed E-state index contributed by atoms with van der Waals surface area (Å²) in [5, 5.41) is 10.1. The van der Waals surface area contributed by atoms with Crippen molar-refractivity contribution in [3.63, 3.8) is 0 Å². The number of ether oxygens (including phenoxy) is 3. The van der Waals surface area contributed by atoms with Gasteiger partial charge in [0.05, 0.1) is 0 Å². The van der Waals surface area contributed by atoms with Crippen molar-refractivity contribution in [1.29, 1.82) is 0 Å². The molecule has 4 rings (SSSR count). The molecule has 0 fully saturated rings. The van der Waals surface area contributed by atoms with Crippen molar-refractivity contribution in [3.05, 3.63) is 70.1 Å². The van der Waals surface area contributed by atoms with Crippen molar-refractivity contribution in [2.75, 3.05) is 13.2 Å². The van der Waals surface area contributed by atoms with Gasteiger partial charge in [-0.05, 0) is 35.9 Å². The Balaban J connectivity index is 1.45. The Morgan fingerprint density at radius 3 is 2.75 bits per heavy atom. The van der Waals surface area contributed by atoms with E-state index in [1.807, 2.05) is 0 Å². The topological polar surface area (TPSA) is 95.2 Å². The Hall–Kier alpha value is -3.74. The lowest BCUT2D eigenvalue weighted by molar-refractivity contribution is -0.138. The summed E-state index contributed by atoms with van der Waals surface area (Å²) >= 11 is 0. The third-order valence-corrected chi connectivity index (χ3v) is 4.16. The van der Waals surface area contributed by atoms with E-state index in [0.717, 1.165) is 5.56 Å². The lowest BCUT2D eigenvalue weighted by atomic mass is 10.1. The average molecular weight is 380 g/mol. The molecule has 7 nitrogen and oxygen atoms in total. The van der Waals surface area contributed by atoms with Crippen LogP contribution in [0.15, 0.2) is 57.8 Å². The number of aromatic hydroxyl groups is 1. The zero-order valence-electron chi connectivity index (χ0n) is 14.7. The van der Waals surface area contributed by atoms with Crippen molar-refractivity contribution in [2.24, 2.45) is 0 Å². The molecule has 0 spiro atoms. The summed E-state index contributed by atoms with van der Waals surface area (Å²) in [5.74, 6) is 0.724. The first kappa shape index (κ1) is 17.7. The number of esters is 1. The highest BCUT2D eigenvalue weighted by atomic mass is 16.6. The highest BCUT2D eigenvalue weighted by molar-refractivity contribution is 5.87. The van der Waals surface area contributed by atoms with E-state index in [-0.39, 0.29) is 17.9 Å². The van der Waals surface area contributed by atoms with Gasteiger partial charge in [-0.3, -0.25) is 0 Å². The van der Waals surface area contributed by atoms with E-state index >= 15 is 0 Å². The summed E-state index contributed by atoms with van der Waals surface area (Å²) < 4.78 is 21.2. The number of benzene rings is 2. The van der Waals surface area contributed by atoms with Crippen LogP contribution in [0.3, 0.4) is 0 Å². The molecule has 7 heteroatoms. The second-order valence-corrected chi connectivity index (χ2v) is 6.12. The van der Waals surface area contributed by atoms with E-state index in [9.17, 15) is 14.7 Å². The van der Waals surface area contributed by atoms with Crippen LogP contribution in [0, 0.1) is 0 Å². The van der Waals surface area contributed by atoms with Crippen molar-refractivity contribution in [2.45, 2.75) is 6.61 Å². The number of rotatable bonds is 4. The molecule has 3 aromatic rings. The van der Waals surface area contributed by atoms with Gasteiger partial charge in [0.25, 0.3) is 0 Å². The first-order valence-electron chi connectivity index (χ1n) is 8.59. The van der Waals surface area contributed by atoms with Gasteiger partial charge in [0.15, 0.2) is 11.5 Å². The van der Waals surface area contributed by atoms with E-state index < -0.39 is 11.6 Å². The summed E-state index contributed by atoms with van der Waals surface area (Å²) in [6.07, 6.45) is 2.90. The van der Waals surface area contributed by atoms with Gasteiger partial charge >= 0.3 is 11.6 Å². The van der Waals surface area contributed by atoms with Crippen LogP contribution in [0.1, 0.15) is 11.1 Å². The van der Waals surface area contributed by atoms with Crippen molar-refractivity contribution >= 4 is 23.0 Å². The molecule has 2 aromatic carbocycles. The molecule has 0 radical (unpaired) electrons. The predicted molar refractivity (Wildman–Crippen MR) is 100 cm³/mol. The molecule has 1 aromatic heterocycles. The molecule has 0 saturated carbocycles. The van der Waals surface area contributed by atoms with Crippen LogP contribution < -0.4 is 15.1 Å². The molecule has 0 bridgehead atoms. The number of carbonyl (C=O) groups excluding carboxylic acids is 1. The maximum absolute atomic E-state index is 12.0. The average Bonchev–Trinajstić information content (AvgIpc) is 2.69. The molecule has 1 aliphatic rings. The summed E-state index contributed by atoms with van der Waals surface area (Å²) in [4.78, 5) is 23.7. The van der Waals surface area contributed by atoms with Gasteiger partial charge in [-0.25, -0.2) is 9.59 Å². The van der Waals surface area contributed by atoms with Crippen LogP contribution in [-0.4, -0.2) is 24.3 Å². The highest BCUT2D eigenvalue weighted by Gasteiger charge is 2.11. The Morgan fingerprint density at radius 2 is 1.89 bits per heavy atom. The number of phenols is 1. The van der Waals surface area contributed by atoms with Gasteiger partial charge in [-0.1, -0.05) is 6.07 Å². The number of hydrogen-bond acceptors (Lipinski definition) is 7. The number of carbonyl (C=O) groups is 1. The molecule has 1 N–H and O–H groups in total. The van der Waals surface area contributed by atoms with Crippen LogP contribution in [0.2, 0.25) is 0 Å². The van der Waals surface area contributed by atoms with Gasteiger partial charge in [0.2, 0.25) is 0 Å². The molecule has 0 saturated heterocycles. The molecule has 0 amide bonds. The Labute approximate surface area is 159 Å². The normalized spacial score (nSPS) is 13.0. The van der Waals surface area contributed by atoms with Crippen LogP contribution in [0.25, 0.3) is 17.0 Å². The molecule has 2 heterocycles. The summed E-state index contributed by atoms with van der Waals surface area (Å²) in [7, 11) is 0. The smallest absolute Gasteiger partial charge is 0.336 e. The van der Waals surface area contributed by atoms with Crippen molar-refractivity contribution in [3.8, 4) is 17.2 Å². The largest absolute Gasteiger partial charge is 0.508 e. The first-order valence-corrected chi connectivity index (χ1v) is 8.59. The Bertz CT molecular complexity index is 1130. The molecule has 0 aliphatic carbocycles. The van der Waals surface area contributed by atoms with Gasteiger partial charge in [0.1, 0.15) is 31.2 Å². The maximum atomic E-state index is 12.0. The van der Waals surface area contributed by atoms with E-state index in [0.29, 0.717) is 35.7 Å². The minimum atomic E-state index is -0.587. The maximum Gasteiger partial charge on any atom is 0.336 e. The Kier molecular flexibility index (Phi) is 4.72. The minimum Gasteiger partial charge on any atom is -0.508 e. The lowest BCUT2D eigenvalue weighted by Gasteiger charge is -2.18. The summed E-state index contributed by atoms with van der Waals surface area (Å²) in [6, 6.07) is 11.0. The van der Waals surface area contributed by atoms with Crippen LogP contribution in [0.4, 0.5) is 0 Å². The van der Waals surface area contributed by atoms with E-state index in [2.05, 4.69) is 0 Å². The highest BCUT2D eigenvalue weighted by Crippen LogP contribution is 2.31. The van der Waals surface area contributed by atoms with Gasteiger partial charge < -0.3 is 23.7 Å². The monoisotopic (exact) mass is 380 g/mol. The molecule has 0 atom stereocenters. The summed E-state index contributed by atoms with van der Waals surface area (Å²) in [6.45, 7) is 0.900. The van der Waals surface area contributed by atoms with Gasteiger partial charge in [0, 0.05) is 29.2 Å². The zero-order valence-corrected chi connectivity index (χ0v) is 14.7. The fourth-order valence-corrected chi connectivity index (χ4v) is 2.86. The zero-order chi connectivity index (χ0) is 19.5. The molecule has 1 aliphatic heterocycles. The standard InChI is InChI=1S/C21H16O7/c22-15-3-4-16-14(10-21(24)28-18(16)11-15)12-27-20(23)6-2-13-1-5-17-19(9-13)26-8-7-25-17/h1-6,9-11,22H,7-8,12H2/b6-2+. The van der Waals surface area contributed by atoms with Crippen LogP contribution in [0.5, 0.6) is 17.2 Å². The molecule has 28 heavy (non-hydrogen) atoms. The van der Waals surface area contributed by atoms with Crippen LogP contribution >= 0.6 is 0 Å². The molecular formula is C21H16O7. The number of hydrogen-bond donors (Lipinski definition) is 1. The fraction of sp³-hybridized carbons (Fsp3) is 0.143. The van der Waals surface area contributed by atoms with Crippen LogP contribution in [-0.2, 0) is 16.1 Å². The first-order chi connectivity index (χ1) is 13.6. The Morgan fingerprint density at radius 1 is 1.07 bits per heavy atom. The molecule has 142 valence electrons. The van der Waals surface area contributed by atoms with E-state index in [4.69, 9.17) is 18.6 Å². The minimum absolute atomic E-state index is 0.0212. The summed E-state index contributed by atoms with van der Waals surface area (Å²) in [5.41, 5.74) is 0.899.